The lowest BCUT2D eigenvalue weighted by molar-refractivity contribution is 0.0635. The summed E-state index contributed by atoms with van der Waals surface area (Å²) in [5.41, 5.74) is 0. The molecule has 1 fully saturated rings. The summed E-state index contributed by atoms with van der Waals surface area (Å²) in [6, 6.07) is 2.15. The Balaban J connectivity index is 2.43. The van der Waals surface area contributed by atoms with E-state index in [2.05, 4.69) is 6.07 Å². The van der Waals surface area contributed by atoms with E-state index in [0.717, 1.165) is 12.8 Å². The van der Waals surface area contributed by atoms with Crippen LogP contribution in [0.15, 0.2) is 0 Å². The highest BCUT2D eigenvalue weighted by atomic mass is 16.3. The molecule has 0 saturated heterocycles. The third-order valence-electron chi connectivity index (χ3n) is 3.35. The molecule has 0 spiro atoms. The Hall–Kier alpha value is -0.550. The predicted molar refractivity (Wildman–Crippen MR) is 56.6 cm³/mol. The lowest BCUT2D eigenvalue weighted by atomic mass is 9.83. The first kappa shape index (κ1) is 11.5. The van der Waals surface area contributed by atoms with Crippen LogP contribution in [0, 0.1) is 23.2 Å². The van der Waals surface area contributed by atoms with Crippen molar-refractivity contribution in [1.82, 2.24) is 0 Å². The Kier molecular flexibility index (Phi) is 4.97. The maximum absolute atomic E-state index is 9.94. The van der Waals surface area contributed by atoms with Gasteiger partial charge in [0.15, 0.2) is 0 Å². The standard InChI is InChI=1S/C12H21NO/c1-10(9-13)12(14)11-7-5-3-2-4-6-8-11/h10-12,14H,2-8H2,1H3. The molecule has 2 atom stereocenters. The van der Waals surface area contributed by atoms with Gasteiger partial charge in [-0.3, -0.25) is 0 Å². The third kappa shape index (κ3) is 3.31. The van der Waals surface area contributed by atoms with Crippen molar-refractivity contribution in [3.8, 4) is 6.07 Å². The molecule has 0 amide bonds. The van der Waals surface area contributed by atoms with Gasteiger partial charge in [-0.2, -0.15) is 5.26 Å². The molecule has 14 heavy (non-hydrogen) atoms. The molecular formula is C12H21NO. The van der Waals surface area contributed by atoms with Crippen molar-refractivity contribution in [3.63, 3.8) is 0 Å². The number of nitriles is 1. The van der Waals surface area contributed by atoms with Crippen LogP contribution in [0.3, 0.4) is 0 Å². The highest BCUT2D eigenvalue weighted by Gasteiger charge is 2.24. The fourth-order valence-electron chi connectivity index (χ4n) is 2.31. The SMILES string of the molecule is CC(C#N)C(O)C1CCCCCCC1. The van der Waals surface area contributed by atoms with Crippen LogP contribution in [-0.4, -0.2) is 11.2 Å². The molecule has 2 nitrogen and oxygen atoms in total. The first-order valence-corrected chi connectivity index (χ1v) is 5.83. The topological polar surface area (TPSA) is 44.0 Å². The molecule has 0 aromatic rings. The number of aliphatic hydroxyl groups excluding tert-OH is 1. The summed E-state index contributed by atoms with van der Waals surface area (Å²) in [7, 11) is 0. The second-order valence-electron chi connectivity index (χ2n) is 4.51. The van der Waals surface area contributed by atoms with Crippen LogP contribution < -0.4 is 0 Å². The molecule has 1 aliphatic rings. The van der Waals surface area contributed by atoms with Crippen LogP contribution >= 0.6 is 0 Å². The van der Waals surface area contributed by atoms with Gasteiger partial charge in [0.2, 0.25) is 0 Å². The van der Waals surface area contributed by atoms with E-state index in [9.17, 15) is 5.11 Å². The molecule has 0 aromatic heterocycles. The molecule has 80 valence electrons. The normalized spacial score (nSPS) is 24.4. The van der Waals surface area contributed by atoms with E-state index in [4.69, 9.17) is 5.26 Å². The van der Waals surface area contributed by atoms with Crippen LogP contribution in [0.1, 0.15) is 51.9 Å². The third-order valence-corrected chi connectivity index (χ3v) is 3.35. The van der Waals surface area contributed by atoms with Gasteiger partial charge in [0.25, 0.3) is 0 Å². The Morgan fingerprint density at radius 3 is 2.14 bits per heavy atom. The van der Waals surface area contributed by atoms with Crippen LogP contribution in [-0.2, 0) is 0 Å². The second-order valence-corrected chi connectivity index (χ2v) is 4.51. The van der Waals surface area contributed by atoms with Gasteiger partial charge >= 0.3 is 0 Å². The average Bonchev–Trinajstić information content (AvgIpc) is 2.15. The minimum Gasteiger partial charge on any atom is -0.391 e. The Bertz CT molecular complexity index is 189. The van der Waals surface area contributed by atoms with E-state index >= 15 is 0 Å². The van der Waals surface area contributed by atoms with Gasteiger partial charge in [-0.1, -0.05) is 32.1 Å². The van der Waals surface area contributed by atoms with E-state index in [-0.39, 0.29) is 5.92 Å². The van der Waals surface area contributed by atoms with Crippen molar-refractivity contribution in [2.24, 2.45) is 11.8 Å². The summed E-state index contributed by atoms with van der Waals surface area (Å²) < 4.78 is 0. The van der Waals surface area contributed by atoms with Gasteiger partial charge in [-0.05, 0) is 25.7 Å². The van der Waals surface area contributed by atoms with Gasteiger partial charge in [0, 0.05) is 0 Å². The second kappa shape index (κ2) is 6.03. The molecule has 2 unspecified atom stereocenters. The molecule has 1 aliphatic carbocycles. The highest BCUT2D eigenvalue weighted by molar-refractivity contribution is 4.88. The zero-order chi connectivity index (χ0) is 10.4. The molecule has 2 heteroatoms. The van der Waals surface area contributed by atoms with Gasteiger partial charge < -0.3 is 5.11 Å². The first-order chi connectivity index (χ1) is 6.75. The summed E-state index contributed by atoms with van der Waals surface area (Å²) in [4.78, 5) is 0. The zero-order valence-corrected chi connectivity index (χ0v) is 9.08. The number of aliphatic hydroxyl groups is 1. The van der Waals surface area contributed by atoms with E-state index < -0.39 is 6.10 Å². The summed E-state index contributed by atoms with van der Waals surface area (Å²) >= 11 is 0. The largest absolute Gasteiger partial charge is 0.391 e. The molecule has 0 aliphatic heterocycles. The van der Waals surface area contributed by atoms with Gasteiger partial charge in [0.1, 0.15) is 0 Å². The van der Waals surface area contributed by atoms with Crippen molar-refractivity contribution in [2.45, 2.75) is 58.0 Å². The van der Waals surface area contributed by atoms with Gasteiger partial charge in [0.05, 0.1) is 18.1 Å². The average molecular weight is 195 g/mol. The van der Waals surface area contributed by atoms with Crippen LogP contribution in [0.2, 0.25) is 0 Å². The van der Waals surface area contributed by atoms with Crippen molar-refractivity contribution < 1.29 is 5.11 Å². The van der Waals surface area contributed by atoms with E-state index in [0.29, 0.717) is 5.92 Å². The summed E-state index contributed by atoms with van der Waals surface area (Å²) in [5, 5.41) is 18.7. The van der Waals surface area contributed by atoms with E-state index in [1.165, 1.54) is 32.1 Å². The van der Waals surface area contributed by atoms with E-state index in [1.807, 2.05) is 6.92 Å². The molecule has 0 radical (unpaired) electrons. The predicted octanol–water partition coefficient (Wildman–Crippen LogP) is 2.87. The zero-order valence-electron chi connectivity index (χ0n) is 9.08. The number of hydrogen-bond acceptors (Lipinski definition) is 2. The Labute approximate surface area is 86.9 Å². The number of nitrogens with zero attached hydrogens (tertiary/aromatic N) is 1. The molecule has 1 N–H and O–H groups in total. The quantitative estimate of drug-likeness (QED) is 0.736. The Morgan fingerprint density at radius 2 is 1.64 bits per heavy atom. The molecule has 0 heterocycles. The summed E-state index contributed by atoms with van der Waals surface area (Å²) in [6.07, 6.45) is 8.18. The van der Waals surface area contributed by atoms with Crippen molar-refractivity contribution >= 4 is 0 Å². The van der Waals surface area contributed by atoms with Crippen LogP contribution in [0.4, 0.5) is 0 Å². The molecule has 0 aromatic carbocycles. The van der Waals surface area contributed by atoms with Crippen molar-refractivity contribution in [3.05, 3.63) is 0 Å². The summed E-state index contributed by atoms with van der Waals surface area (Å²) in [5.74, 6) is 0.157. The first-order valence-electron chi connectivity index (χ1n) is 5.83. The minimum absolute atomic E-state index is 0.209. The van der Waals surface area contributed by atoms with Crippen molar-refractivity contribution in [2.75, 3.05) is 0 Å². The van der Waals surface area contributed by atoms with Crippen LogP contribution in [0.25, 0.3) is 0 Å². The molecular weight excluding hydrogens is 174 g/mol. The number of hydrogen-bond donors (Lipinski definition) is 1. The molecule has 0 bridgehead atoms. The fourth-order valence-corrected chi connectivity index (χ4v) is 2.31. The highest BCUT2D eigenvalue weighted by Crippen LogP contribution is 2.27. The molecule has 1 saturated carbocycles. The van der Waals surface area contributed by atoms with E-state index in [1.54, 1.807) is 0 Å². The lowest BCUT2D eigenvalue weighted by Gasteiger charge is -2.26. The number of rotatable bonds is 2. The monoisotopic (exact) mass is 195 g/mol. The molecule has 1 rings (SSSR count). The van der Waals surface area contributed by atoms with Crippen molar-refractivity contribution in [1.29, 1.82) is 5.26 Å². The van der Waals surface area contributed by atoms with Crippen LogP contribution in [0.5, 0.6) is 0 Å². The smallest absolute Gasteiger partial charge is 0.0723 e. The lowest BCUT2D eigenvalue weighted by Crippen LogP contribution is -2.27. The Morgan fingerprint density at radius 1 is 1.14 bits per heavy atom. The minimum atomic E-state index is -0.405. The summed E-state index contributed by atoms with van der Waals surface area (Å²) in [6.45, 7) is 1.82. The maximum atomic E-state index is 9.94. The van der Waals surface area contributed by atoms with Gasteiger partial charge in [-0.15, -0.1) is 0 Å². The fraction of sp³-hybridized carbons (Fsp3) is 0.917. The maximum Gasteiger partial charge on any atom is 0.0723 e. The van der Waals surface area contributed by atoms with Gasteiger partial charge in [-0.25, -0.2) is 0 Å².